The van der Waals surface area contributed by atoms with Gasteiger partial charge < -0.3 is 4.74 Å². The predicted octanol–water partition coefficient (Wildman–Crippen LogP) is 5.75. The van der Waals surface area contributed by atoms with Gasteiger partial charge in [-0.25, -0.2) is 0 Å². The normalized spacial score (nSPS) is 10.4. The maximum Gasteiger partial charge on any atom is 0.131 e. The first-order chi connectivity index (χ1) is 8.61. The summed E-state index contributed by atoms with van der Waals surface area (Å²) in [7, 11) is 0. The highest BCUT2D eigenvalue weighted by molar-refractivity contribution is 9.10. The van der Waals surface area contributed by atoms with Crippen molar-refractivity contribution >= 4 is 31.9 Å². The third kappa shape index (κ3) is 2.96. The van der Waals surface area contributed by atoms with E-state index in [1.54, 1.807) is 0 Å². The van der Waals surface area contributed by atoms with Crippen LogP contribution in [-0.4, -0.2) is 0 Å². The van der Waals surface area contributed by atoms with Gasteiger partial charge in [-0.1, -0.05) is 50.1 Å². The van der Waals surface area contributed by atoms with Gasteiger partial charge in [-0.2, -0.15) is 0 Å². The molecule has 0 saturated carbocycles. The molecule has 0 radical (unpaired) electrons. The highest BCUT2D eigenvalue weighted by atomic mass is 79.9. The Labute approximate surface area is 124 Å². The summed E-state index contributed by atoms with van der Waals surface area (Å²) >= 11 is 7.04. The Morgan fingerprint density at radius 1 is 1.06 bits per heavy atom. The van der Waals surface area contributed by atoms with Crippen molar-refractivity contribution in [2.75, 3.05) is 0 Å². The molecule has 0 unspecified atom stereocenters. The van der Waals surface area contributed by atoms with Gasteiger partial charge in [0.05, 0.1) is 0 Å². The molecule has 0 aliphatic rings. The Bertz CT molecular complexity index is 541. The molecular formula is C15H14Br2O. The van der Waals surface area contributed by atoms with Gasteiger partial charge in [0.2, 0.25) is 0 Å². The summed E-state index contributed by atoms with van der Waals surface area (Å²) in [6, 6.07) is 12.1. The highest BCUT2D eigenvalue weighted by Gasteiger charge is 2.06. The molecule has 0 amide bonds. The van der Waals surface area contributed by atoms with Gasteiger partial charge in [-0.15, -0.1) is 0 Å². The predicted molar refractivity (Wildman–Crippen MR) is 82.8 cm³/mol. The van der Waals surface area contributed by atoms with Crippen LogP contribution in [0.4, 0.5) is 0 Å². The molecule has 0 aliphatic heterocycles. The Kier molecular flexibility index (Phi) is 4.46. The summed E-state index contributed by atoms with van der Waals surface area (Å²) in [6.07, 6.45) is 0. The minimum atomic E-state index is 0.789. The fraction of sp³-hybridized carbons (Fsp3) is 0.200. The Balaban J connectivity index is 2.34. The van der Waals surface area contributed by atoms with Crippen molar-refractivity contribution in [3.05, 3.63) is 57.6 Å². The summed E-state index contributed by atoms with van der Waals surface area (Å²) in [5, 5.41) is 0.789. The molecule has 2 aromatic carbocycles. The topological polar surface area (TPSA) is 9.23 Å². The van der Waals surface area contributed by atoms with E-state index < -0.39 is 0 Å². The van der Waals surface area contributed by atoms with Crippen LogP contribution >= 0.6 is 31.9 Å². The average molecular weight is 370 g/mol. The van der Waals surface area contributed by atoms with E-state index in [-0.39, 0.29) is 0 Å². The van der Waals surface area contributed by atoms with Gasteiger partial charge in [0.15, 0.2) is 0 Å². The fourth-order valence-corrected chi connectivity index (χ4v) is 2.50. The largest absolute Gasteiger partial charge is 0.457 e. The molecule has 2 aromatic rings. The summed E-state index contributed by atoms with van der Waals surface area (Å²) < 4.78 is 7.11. The van der Waals surface area contributed by atoms with Crippen molar-refractivity contribution in [3.8, 4) is 11.5 Å². The molecule has 0 N–H and O–H groups in total. The summed E-state index contributed by atoms with van der Waals surface area (Å²) in [6.45, 7) is 4.14. The molecule has 0 bridgehead atoms. The molecule has 0 heterocycles. The SMILES string of the molecule is Cc1cc(Oc2ccccc2CBr)cc(C)c1Br. The van der Waals surface area contributed by atoms with E-state index in [9.17, 15) is 0 Å². The number of rotatable bonds is 3. The average Bonchev–Trinajstić information content (AvgIpc) is 2.36. The van der Waals surface area contributed by atoms with E-state index in [4.69, 9.17) is 4.74 Å². The van der Waals surface area contributed by atoms with E-state index >= 15 is 0 Å². The van der Waals surface area contributed by atoms with E-state index in [0.717, 1.165) is 26.9 Å². The van der Waals surface area contributed by atoms with Crippen LogP contribution in [0.3, 0.4) is 0 Å². The second-order valence-corrected chi connectivity index (χ2v) is 5.57. The second kappa shape index (κ2) is 5.89. The van der Waals surface area contributed by atoms with Crippen LogP contribution < -0.4 is 4.74 Å². The first-order valence-electron chi connectivity index (χ1n) is 5.70. The van der Waals surface area contributed by atoms with Crippen molar-refractivity contribution in [2.45, 2.75) is 19.2 Å². The lowest BCUT2D eigenvalue weighted by atomic mass is 10.1. The first-order valence-corrected chi connectivity index (χ1v) is 7.61. The summed E-state index contributed by atoms with van der Waals surface area (Å²) in [5.41, 5.74) is 3.51. The Hall–Kier alpha value is -0.800. The zero-order chi connectivity index (χ0) is 13.1. The highest BCUT2D eigenvalue weighted by Crippen LogP contribution is 2.31. The van der Waals surface area contributed by atoms with Crippen LogP contribution in [-0.2, 0) is 5.33 Å². The maximum atomic E-state index is 5.97. The standard InChI is InChI=1S/C15H14Br2O/c1-10-7-13(8-11(2)15(10)17)18-14-6-4-3-5-12(14)9-16/h3-8H,9H2,1-2H3. The Morgan fingerprint density at radius 3 is 2.28 bits per heavy atom. The van der Waals surface area contributed by atoms with Gasteiger partial charge in [-0.3, -0.25) is 0 Å². The lowest BCUT2D eigenvalue weighted by Gasteiger charge is -2.12. The van der Waals surface area contributed by atoms with E-state index in [0.29, 0.717) is 0 Å². The molecule has 0 atom stereocenters. The van der Waals surface area contributed by atoms with Gasteiger partial charge in [0.25, 0.3) is 0 Å². The van der Waals surface area contributed by atoms with Crippen molar-refractivity contribution < 1.29 is 4.74 Å². The Morgan fingerprint density at radius 2 is 1.67 bits per heavy atom. The number of ether oxygens (including phenoxy) is 1. The molecule has 2 rings (SSSR count). The van der Waals surface area contributed by atoms with Gasteiger partial charge in [-0.05, 0) is 43.2 Å². The third-order valence-corrected chi connectivity index (χ3v) is 4.61. The molecule has 18 heavy (non-hydrogen) atoms. The lowest BCUT2D eigenvalue weighted by molar-refractivity contribution is 0.477. The van der Waals surface area contributed by atoms with Gasteiger partial charge in [0.1, 0.15) is 11.5 Å². The van der Waals surface area contributed by atoms with Crippen LogP contribution in [0.5, 0.6) is 11.5 Å². The first kappa shape index (κ1) is 13.6. The van der Waals surface area contributed by atoms with Crippen LogP contribution in [0.1, 0.15) is 16.7 Å². The second-order valence-electron chi connectivity index (χ2n) is 4.21. The van der Waals surface area contributed by atoms with E-state index in [1.165, 1.54) is 11.1 Å². The van der Waals surface area contributed by atoms with Crippen LogP contribution in [0.2, 0.25) is 0 Å². The molecule has 94 valence electrons. The molecule has 3 heteroatoms. The molecule has 0 aliphatic carbocycles. The van der Waals surface area contributed by atoms with E-state index in [1.807, 2.05) is 30.3 Å². The summed E-state index contributed by atoms with van der Waals surface area (Å²) in [5.74, 6) is 1.78. The number of para-hydroxylation sites is 1. The number of alkyl halides is 1. The molecular weight excluding hydrogens is 356 g/mol. The van der Waals surface area contributed by atoms with Crippen LogP contribution in [0.15, 0.2) is 40.9 Å². The van der Waals surface area contributed by atoms with E-state index in [2.05, 4.69) is 51.8 Å². The monoisotopic (exact) mass is 368 g/mol. The molecule has 0 fully saturated rings. The number of benzene rings is 2. The van der Waals surface area contributed by atoms with Crippen LogP contribution in [0.25, 0.3) is 0 Å². The molecule has 0 saturated heterocycles. The fourth-order valence-electron chi connectivity index (χ4n) is 1.81. The lowest BCUT2D eigenvalue weighted by Crippen LogP contribution is -1.91. The quantitative estimate of drug-likeness (QED) is 0.625. The number of hydrogen-bond donors (Lipinski definition) is 0. The third-order valence-electron chi connectivity index (χ3n) is 2.75. The maximum absolute atomic E-state index is 5.97. The van der Waals surface area contributed by atoms with Crippen molar-refractivity contribution in [2.24, 2.45) is 0 Å². The molecule has 0 aromatic heterocycles. The zero-order valence-corrected chi connectivity index (χ0v) is 13.5. The minimum Gasteiger partial charge on any atom is -0.457 e. The zero-order valence-electron chi connectivity index (χ0n) is 10.3. The summed E-state index contributed by atoms with van der Waals surface area (Å²) in [4.78, 5) is 0. The smallest absolute Gasteiger partial charge is 0.131 e. The number of aryl methyl sites for hydroxylation is 2. The van der Waals surface area contributed by atoms with Crippen molar-refractivity contribution in [1.82, 2.24) is 0 Å². The number of hydrogen-bond acceptors (Lipinski definition) is 1. The van der Waals surface area contributed by atoms with Crippen molar-refractivity contribution in [3.63, 3.8) is 0 Å². The van der Waals surface area contributed by atoms with Gasteiger partial charge >= 0.3 is 0 Å². The molecule has 1 nitrogen and oxygen atoms in total. The minimum absolute atomic E-state index is 0.789. The van der Waals surface area contributed by atoms with Gasteiger partial charge in [0, 0.05) is 15.4 Å². The van der Waals surface area contributed by atoms with Crippen LogP contribution in [0, 0.1) is 13.8 Å². The van der Waals surface area contributed by atoms with Crippen molar-refractivity contribution in [1.29, 1.82) is 0 Å². The number of halogens is 2. The molecule has 0 spiro atoms.